The summed E-state index contributed by atoms with van der Waals surface area (Å²) in [7, 11) is 0. The molecule has 2 amide bonds. The van der Waals surface area contributed by atoms with E-state index in [1.54, 1.807) is 0 Å². The smallest absolute Gasteiger partial charge is 0.251 e. The van der Waals surface area contributed by atoms with Crippen LogP contribution in [0.2, 0.25) is 0 Å². The summed E-state index contributed by atoms with van der Waals surface area (Å²) < 4.78 is 0. The molecule has 2 heterocycles. The van der Waals surface area contributed by atoms with Crippen molar-refractivity contribution in [1.82, 2.24) is 9.80 Å². The van der Waals surface area contributed by atoms with Gasteiger partial charge in [-0.1, -0.05) is 30.3 Å². The maximum absolute atomic E-state index is 12.6. The number of amides is 2. The quantitative estimate of drug-likeness (QED) is 0.897. The molecule has 1 atom stereocenters. The Bertz CT molecular complexity index is 663. The van der Waals surface area contributed by atoms with Gasteiger partial charge in [-0.15, -0.1) is 0 Å². The summed E-state index contributed by atoms with van der Waals surface area (Å²) in [6.07, 6.45) is 5.18. The predicted molar refractivity (Wildman–Crippen MR) is 98.4 cm³/mol. The van der Waals surface area contributed by atoms with Gasteiger partial charge in [-0.25, -0.2) is 0 Å². The molecule has 0 unspecified atom stereocenters. The van der Waals surface area contributed by atoms with Gasteiger partial charge in [0.1, 0.15) is 6.10 Å². The van der Waals surface area contributed by atoms with Crippen LogP contribution in [0.25, 0.3) is 0 Å². The highest BCUT2D eigenvalue weighted by Crippen LogP contribution is 2.43. The minimum atomic E-state index is -0.970. The molecule has 5 heteroatoms. The third-order valence-electron chi connectivity index (χ3n) is 6.38. The normalized spacial score (nSPS) is 24.0. The maximum atomic E-state index is 12.6. The van der Waals surface area contributed by atoms with E-state index in [1.807, 2.05) is 35.2 Å². The van der Waals surface area contributed by atoms with Crippen LogP contribution in [-0.2, 0) is 16.0 Å². The topological polar surface area (TPSA) is 60.9 Å². The standard InChI is InChI=1S/C21H28N2O3/c24-18(14-16-4-2-1-3-5-16)20(26)22-12-10-21(11-13-22)9-8-19(25)23(15-21)17-6-7-17/h1-5,17-18,24H,6-15H2/t18-/m0/s1. The lowest BCUT2D eigenvalue weighted by Gasteiger charge is -2.47. The molecule has 140 valence electrons. The zero-order valence-electron chi connectivity index (χ0n) is 15.3. The molecule has 2 saturated heterocycles. The lowest BCUT2D eigenvalue weighted by atomic mass is 9.72. The van der Waals surface area contributed by atoms with Gasteiger partial charge in [0.15, 0.2) is 0 Å². The Morgan fingerprint density at radius 1 is 1.15 bits per heavy atom. The van der Waals surface area contributed by atoms with Crippen LogP contribution in [-0.4, -0.2) is 58.5 Å². The van der Waals surface area contributed by atoms with Crippen LogP contribution in [0.5, 0.6) is 0 Å². The average Bonchev–Trinajstić information content (AvgIpc) is 3.50. The molecule has 4 rings (SSSR count). The zero-order valence-corrected chi connectivity index (χ0v) is 15.3. The number of likely N-dealkylation sites (tertiary alicyclic amines) is 2. The van der Waals surface area contributed by atoms with Crippen LogP contribution >= 0.6 is 0 Å². The summed E-state index contributed by atoms with van der Waals surface area (Å²) in [6, 6.07) is 10.1. The number of carbonyl (C=O) groups excluding carboxylic acids is 2. The Kier molecular flexibility index (Phi) is 4.74. The van der Waals surface area contributed by atoms with Crippen LogP contribution < -0.4 is 0 Å². The number of nitrogens with zero attached hydrogens (tertiary/aromatic N) is 2. The number of hydrogen-bond acceptors (Lipinski definition) is 3. The van der Waals surface area contributed by atoms with Crippen molar-refractivity contribution in [3.63, 3.8) is 0 Å². The van der Waals surface area contributed by atoms with Crippen molar-refractivity contribution in [1.29, 1.82) is 0 Å². The predicted octanol–water partition coefficient (Wildman–Crippen LogP) is 1.98. The molecular formula is C21H28N2O3. The van der Waals surface area contributed by atoms with E-state index >= 15 is 0 Å². The highest BCUT2D eigenvalue weighted by Gasteiger charge is 2.45. The molecule has 26 heavy (non-hydrogen) atoms. The fourth-order valence-electron chi connectivity index (χ4n) is 4.51. The van der Waals surface area contributed by atoms with Crippen molar-refractivity contribution in [2.75, 3.05) is 19.6 Å². The molecule has 3 fully saturated rings. The van der Waals surface area contributed by atoms with Gasteiger partial charge in [-0.2, -0.15) is 0 Å². The van der Waals surface area contributed by atoms with Gasteiger partial charge < -0.3 is 14.9 Å². The average molecular weight is 356 g/mol. The van der Waals surface area contributed by atoms with E-state index in [0.29, 0.717) is 37.9 Å². The summed E-state index contributed by atoms with van der Waals surface area (Å²) in [6.45, 7) is 2.25. The summed E-state index contributed by atoms with van der Waals surface area (Å²) in [5.74, 6) is 0.157. The van der Waals surface area contributed by atoms with Crippen molar-refractivity contribution in [3.05, 3.63) is 35.9 Å². The summed E-state index contributed by atoms with van der Waals surface area (Å²) in [5, 5.41) is 10.3. The first-order chi connectivity index (χ1) is 12.6. The molecule has 3 aliphatic rings. The number of piperidine rings is 2. The number of aliphatic hydroxyl groups excluding tert-OH is 1. The Morgan fingerprint density at radius 2 is 1.85 bits per heavy atom. The van der Waals surface area contributed by atoms with E-state index < -0.39 is 6.10 Å². The first kappa shape index (κ1) is 17.5. The van der Waals surface area contributed by atoms with Gasteiger partial charge in [0.25, 0.3) is 5.91 Å². The van der Waals surface area contributed by atoms with Crippen molar-refractivity contribution >= 4 is 11.8 Å². The Balaban J connectivity index is 1.32. The van der Waals surface area contributed by atoms with E-state index in [0.717, 1.165) is 44.2 Å². The van der Waals surface area contributed by atoms with Gasteiger partial charge in [-0.05, 0) is 43.1 Å². The Labute approximate surface area is 155 Å². The van der Waals surface area contributed by atoms with Crippen molar-refractivity contribution in [2.24, 2.45) is 5.41 Å². The number of rotatable bonds is 4. The van der Waals surface area contributed by atoms with Crippen LogP contribution in [0, 0.1) is 5.41 Å². The van der Waals surface area contributed by atoms with Crippen LogP contribution in [0.4, 0.5) is 0 Å². The van der Waals surface area contributed by atoms with Gasteiger partial charge >= 0.3 is 0 Å². The minimum absolute atomic E-state index is 0.158. The summed E-state index contributed by atoms with van der Waals surface area (Å²) >= 11 is 0. The first-order valence-electron chi connectivity index (χ1n) is 9.87. The molecular weight excluding hydrogens is 328 g/mol. The maximum Gasteiger partial charge on any atom is 0.251 e. The third kappa shape index (κ3) is 3.63. The van der Waals surface area contributed by atoms with E-state index in [4.69, 9.17) is 0 Å². The molecule has 1 saturated carbocycles. The number of benzene rings is 1. The second kappa shape index (κ2) is 7.03. The number of aliphatic hydroxyl groups is 1. The zero-order chi connectivity index (χ0) is 18.1. The summed E-state index contributed by atoms with van der Waals surface area (Å²) in [4.78, 5) is 28.7. The number of carbonyl (C=O) groups is 2. The Hall–Kier alpha value is -1.88. The van der Waals surface area contributed by atoms with Gasteiger partial charge in [0, 0.05) is 38.5 Å². The molecule has 0 radical (unpaired) electrons. The number of hydrogen-bond donors (Lipinski definition) is 1. The fourth-order valence-corrected chi connectivity index (χ4v) is 4.51. The second-order valence-electron chi connectivity index (χ2n) is 8.28. The Morgan fingerprint density at radius 3 is 2.50 bits per heavy atom. The van der Waals surface area contributed by atoms with Crippen LogP contribution in [0.15, 0.2) is 30.3 Å². The highest BCUT2D eigenvalue weighted by molar-refractivity contribution is 5.81. The molecule has 1 N–H and O–H groups in total. The van der Waals surface area contributed by atoms with Gasteiger partial charge in [-0.3, -0.25) is 9.59 Å². The van der Waals surface area contributed by atoms with Crippen molar-refractivity contribution in [2.45, 2.75) is 57.1 Å². The van der Waals surface area contributed by atoms with Crippen molar-refractivity contribution in [3.8, 4) is 0 Å². The molecule has 1 aromatic carbocycles. The molecule has 5 nitrogen and oxygen atoms in total. The van der Waals surface area contributed by atoms with E-state index in [9.17, 15) is 14.7 Å². The molecule has 0 aromatic heterocycles. The minimum Gasteiger partial charge on any atom is -0.383 e. The lowest BCUT2D eigenvalue weighted by Crippen LogP contribution is -2.54. The largest absolute Gasteiger partial charge is 0.383 e. The van der Waals surface area contributed by atoms with Crippen LogP contribution in [0.3, 0.4) is 0 Å². The molecule has 1 aliphatic carbocycles. The summed E-state index contributed by atoms with van der Waals surface area (Å²) in [5.41, 5.74) is 1.16. The van der Waals surface area contributed by atoms with Crippen molar-refractivity contribution < 1.29 is 14.7 Å². The molecule has 1 spiro atoms. The third-order valence-corrected chi connectivity index (χ3v) is 6.38. The second-order valence-corrected chi connectivity index (χ2v) is 8.28. The lowest BCUT2D eigenvalue weighted by molar-refractivity contribution is -0.147. The van der Waals surface area contributed by atoms with Gasteiger partial charge in [0.2, 0.25) is 5.91 Å². The fraction of sp³-hybridized carbons (Fsp3) is 0.619. The monoisotopic (exact) mass is 356 g/mol. The van der Waals surface area contributed by atoms with Crippen LogP contribution in [0.1, 0.15) is 44.1 Å². The van der Waals surface area contributed by atoms with Gasteiger partial charge in [0.05, 0.1) is 0 Å². The molecule has 2 aliphatic heterocycles. The van der Waals surface area contributed by atoms with E-state index in [1.165, 1.54) is 0 Å². The van der Waals surface area contributed by atoms with E-state index in [2.05, 4.69) is 4.90 Å². The van der Waals surface area contributed by atoms with E-state index in [-0.39, 0.29) is 11.3 Å². The molecule has 1 aromatic rings. The SMILES string of the molecule is O=C([C@@H](O)Cc1ccccc1)N1CCC2(CCC(=O)N(C3CC3)C2)CC1. The highest BCUT2D eigenvalue weighted by atomic mass is 16.3. The first-order valence-corrected chi connectivity index (χ1v) is 9.87. The molecule has 0 bridgehead atoms.